The second-order valence-electron chi connectivity index (χ2n) is 31.2. The van der Waals surface area contributed by atoms with E-state index in [0.717, 1.165) is 6.26 Å². The van der Waals surface area contributed by atoms with Crippen molar-refractivity contribution < 1.29 is 113 Å². The average Bonchev–Trinajstić information content (AvgIpc) is 0.880. The first-order chi connectivity index (χ1) is 55.3. The van der Waals surface area contributed by atoms with Crippen LogP contribution in [0.4, 0.5) is 0 Å². The fourth-order valence-electron chi connectivity index (χ4n) is 10.6. The third-order valence-electron chi connectivity index (χ3n) is 17.0. The molecule has 0 aromatic rings. The van der Waals surface area contributed by atoms with Crippen LogP contribution in [0.2, 0.25) is 0 Å². The first-order valence-electron chi connectivity index (χ1n) is 42.1. The van der Waals surface area contributed by atoms with Crippen molar-refractivity contribution in [1.82, 2.24) is 53.2 Å². The van der Waals surface area contributed by atoms with E-state index in [1.807, 2.05) is 111 Å². The van der Waals surface area contributed by atoms with Crippen molar-refractivity contribution in [2.75, 3.05) is 198 Å². The largest absolute Gasteiger partial charge is 0.382 e. The fourth-order valence-corrected chi connectivity index (χ4v) is 11.1. The van der Waals surface area contributed by atoms with E-state index in [9.17, 15) is 56.4 Å². The summed E-state index contributed by atoms with van der Waals surface area (Å²) in [6.07, 6.45) is 4.15. The molecule has 0 aliphatic rings. The number of ether oxygens (including phenoxy) is 12. The van der Waals surface area contributed by atoms with E-state index in [-0.39, 0.29) is 176 Å². The van der Waals surface area contributed by atoms with Gasteiger partial charge in [-0.2, -0.15) is 0 Å². The predicted molar refractivity (Wildman–Crippen MR) is 451 cm³/mol. The maximum Gasteiger partial charge on any atom is 0.237 e. The first-order valence-corrected chi connectivity index (χ1v) is 44.2. The molecule has 34 nitrogen and oxygen atoms in total. The highest BCUT2D eigenvalue weighted by Crippen LogP contribution is 2.14. The Labute approximate surface area is 701 Å². The summed E-state index contributed by atoms with van der Waals surface area (Å²) in [6, 6.07) is -2.63. The number of methoxy groups -OCH3 is 2. The van der Waals surface area contributed by atoms with Crippen molar-refractivity contribution in [2.24, 2.45) is 35.5 Å². The molecular formula is C82H160N10O24S. The van der Waals surface area contributed by atoms with Gasteiger partial charge in [0.25, 0.3) is 0 Å². The minimum Gasteiger partial charge on any atom is -0.382 e. The Morgan fingerprint density at radius 1 is 0.282 bits per heavy atom. The highest BCUT2D eigenvalue weighted by Gasteiger charge is 2.32. The number of Topliss-reactive ketones (excluding diaryl/α,β-unsaturated/α-hetero) is 3. The molecule has 0 aromatic carbocycles. The molecule has 117 heavy (non-hydrogen) atoms. The summed E-state index contributed by atoms with van der Waals surface area (Å²) in [7, 11) is 0.149. The molecule has 0 rings (SSSR count). The molecule has 35 heteroatoms. The van der Waals surface area contributed by atoms with Crippen LogP contribution >= 0.6 is 0 Å². The highest BCUT2D eigenvalue weighted by atomic mass is 32.2. The third-order valence-corrected chi connectivity index (χ3v) is 17.9. The molecule has 0 saturated heterocycles. The van der Waals surface area contributed by atoms with Gasteiger partial charge in [0.05, 0.1) is 187 Å². The molecule has 10 N–H and O–H groups in total. The lowest BCUT2D eigenvalue weighted by atomic mass is 9.96. The maximum atomic E-state index is 12.9. The van der Waals surface area contributed by atoms with Crippen molar-refractivity contribution in [1.29, 1.82) is 0 Å². The number of amides is 7. The number of carbonyl (C=O) groups excluding carboxylic acids is 10. The summed E-state index contributed by atoms with van der Waals surface area (Å²) in [5.41, 5.74) is 0. The lowest BCUT2D eigenvalue weighted by molar-refractivity contribution is -0.131. The Morgan fingerprint density at radius 2 is 0.513 bits per heavy atom. The minimum atomic E-state index is -3.10. The quantitative estimate of drug-likeness (QED) is 0.0389. The number of hydrogen-bond donors (Lipinski definition) is 10. The summed E-state index contributed by atoms with van der Waals surface area (Å²) in [4.78, 5) is 125. The lowest BCUT2D eigenvalue weighted by Crippen LogP contribution is -2.54. The third kappa shape index (κ3) is 70.0. The summed E-state index contributed by atoms with van der Waals surface area (Å²) in [6.45, 7) is 45.0. The van der Waals surface area contributed by atoms with Crippen LogP contribution in [0.3, 0.4) is 0 Å². The van der Waals surface area contributed by atoms with E-state index in [1.165, 1.54) is 0 Å². The topological polar surface area (TPSA) is 436 Å². The van der Waals surface area contributed by atoms with Crippen LogP contribution in [0.1, 0.15) is 182 Å². The smallest absolute Gasteiger partial charge is 0.237 e. The standard InChI is InChI=1S/C31H60N4O10S.C26H51N3O7.C25H49N3O7/c1-23(2)29(34-25(5)6)31(39)35-26(30(38)24(3)4)9-8-12-32-27(36)10-14-42-16-18-44-20-21-45-19-17-43-15-11-28(37)33-13-22-46(7,40)41;1-19(2)24(28-21(5)6)26(32)29-22(25(31)20(3)4)9-8-11-27-23(30)10-12-34-15-16-36-18-17-35-14-13-33-7;1-18(2)23(27-20(5)6)25(31)28-21(24(30)19(3)4)8-9-22(29)26-10-11-33-14-15-35-17-16-34-13-12-32-7/h23-26,29,34H,8-22H2,1-7H3,(H,32,36)(H,33,37)(H,35,39);19-22,24,28H,8-18H2,1-7H3,(H,27,30)(H,29,32);18-21,23,27H,8-17H2,1-7H3,(H,26,29)(H,28,31)/t26-,29-;22-,24-;21-,23-/m000/s1. The van der Waals surface area contributed by atoms with Gasteiger partial charge in [-0.3, -0.25) is 47.9 Å². The molecule has 0 radical (unpaired) electrons. The lowest BCUT2D eigenvalue weighted by Gasteiger charge is -2.27. The van der Waals surface area contributed by atoms with Gasteiger partial charge < -0.3 is 110 Å². The van der Waals surface area contributed by atoms with Gasteiger partial charge in [0.1, 0.15) is 9.84 Å². The number of hydrogen-bond acceptors (Lipinski definition) is 27. The summed E-state index contributed by atoms with van der Waals surface area (Å²) >= 11 is 0. The van der Waals surface area contributed by atoms with Crippen LogP contribution in [0.25, 0.3) is 0 Å². The highest BCUT2D eigenvalue weighted by molar-refractivity contribution is 7.90. The molecular weight excluding hydrogens is 1540 g/mol. The van der Waals surface area contributed by atoms with E-state index in [4.69, 9.17) is 56.8 Å². The normalized spacial score (nSPS) is 13.2. The maximum absolute atomic E-state index is 12.9. The van der Waals surface area contributed by atoms with Gasteiger partial charge in [-0.1, -0.05) is 125 Å². The van der Waals surface area contributed by atoms with E-state index < -0.39 is 40.0 Å². The number of carbonyl (C=O) groups is 10. The number of sulfone groups is 1. The molecule has 7 amide bonds. The number of rotatable bonds is 74. The van der Waals surface area contributed by atoms with Crippen LogP contribution in [-0.2, 0) is 115 Å². The zero-order chi connectivity index (χ0) is 88.9. The SMILES string of the molecule is CC(C)N[C@H](C(=O)N[C@@H](CCCNC(=O)CCOCCOCCOCCOCCC(=O)NCCS(C)(=O)=O)C(=O)C(C)C)C(C)C.COCCOCCOCCOCCC(=O)NCCC[C@H](NC(=O)[C@@H](NC(C)C)C(C)C)C(=O)C(C)C.COCCOCCOCCOCCNC(=O)CC[C@H](NC(=O)[C@@H](NC(C)C)C(C)C)C(=O)C(C)C. The van der Waals surface area contributed by atoms with E-state index in [0.29, 0.717) is 177 Å². The Morgan fingerprint density at radius 3 is 0.761 bits per heavy atom. The fraction of sp³-hybridized carbons (Fsp3) is 0.878. The number of nitrogens with one attached hydrogen (secondary N) is 10. The molecule has 0 heterocycles. The first kappa shape index (κ1) is 116. The molecule has 0 bridgehead atoms. The van der Waals surface area contributed by atoms with Crippen molar-refractivity contribution in [3.05, 3.63) is 0 Å². The monoisotopic (exact) mass is 1700 g/mol. The molecule has 6 atom stereocenters. The van der Waals surface area contributed by atoms with Crippen LogP contribution in [0, 0.1) is 35.5 Å². The van der Waals surface area contributed by atoms with Crippen molar-refractivity contribution in [3.63, 3.8) is 0 Å². The van der Waals surface area contributed by atoms with Gasteiger partial charge in [-0.15, -0.1) is 0 Å². The Kier molecular flexibility index (Phi) is 73.7. The summed E-state index contributed by atoms with van der Waals surface area (Å²) in [5.74, 6) is -1.90. The molecule has 0 aliphatic carbocycles. The van der Waals surface area contributed by atoms with E-state index >= 15 is 0 Å². The Hall–Kier alpha value is -5.35. The molecule has 0 spiro atoms. The summed E-state index contributed by atoms with van der Waals surface area (Å²) in [5, 5.41) is 29.5. The zero-order valence-corrected chi connectivity index (χ0v) is 76.1. The average molecular weight is 1700 g/mol. The molecule has 0 unspecified atom stereocenters. The van der Waals surface area contributed by atoms with Crippen molar-refractivity contribution in [3.8, 4) is 0 Å². The van der Waals surface area contributed by atoms with Gasteiger partial charge in [0.2, 0.25) is 41.4 Å². The summed E-state index contributed by atoms with van der Waals surface area (Å²) < 4.78 is 85.6. The van der Waals surface area contributed by atoms with Gasteiger partial charge >= 0.3 is 0 Å². The van der Waals surface area contributed by atoms with Gasteiger partial charge in [0.15, 0.2) is 17.3 Å². The molecule has 0 aromatic heterocycles. The Bertz CT molecular complexity index is 2720. The van der Waals surface area contributed by atoms with E-state index in [1.54, 1.807) is 28.1 Å². The number of ketones is 3. The van der Waals surface area contributed by atoms with Crippen LogP contribution in [0.5, 0.6) is 0 Å². The van der Waals surface area contributed by atoms with Crippen LogP contribution < -0.4 is 53.2 Å². The molecule has 0 aliphatic heterocycles. The second kappa shape index (κ2) is 74.5. The minimum absolute atomic E-state index is 0.00103. The molecule has 0 saturated carbocycles. The van der Waals surface area contributed by atoms with Gasteiger partial charge in [-0.05, 0) is 49.9 Å². The van der Waals surface area contributed by atoms with Crippen LogP contribution in [0.15, 0.2) is 0 Å². The van der Waals surface area contributed by atoms with Gasteiger partial charge in [-0.25, -0.2) is 8.42 Å². The van der Waals surface area contributed by atoms with E-state index in [2.05, 4.69) is 53.2 Å². The van der Waals surface area contributed by atoms with Crippen LogP contribution in [-0.4, -0.2) is 319 Å². The molecule has 0 fully saturated rings. The zero-order valence-electron chi connectivity index (χ0n) is 75.3. The van der Waals surface area contributed by atoms with Crippen molar-refractivity contribution in [2.45, 2.75) is 237 Å². The predicted octanol–water partition coefficient (Wildman–Crippen LogP) is 3.64. The van der Waals surface area contributed by atoms with Crippen molar-refractivity contribution >= 4 is 68.5 Å². The molecule has 688 valence electrons. The Balaban J connectivity index is -0.00000169. The second-order valence-corrected chi connectivity index (χ2v) is 33.5. The van der Waals surface area contributed by atoms with Gasteiger partial charge in [0, 0.05) is 108 Å².